The van der Waals surface area contributed by atoms with Gasteiger partial charge in [-0.05, 0) is 30.4 Å². The van der Waals surface area contributed by atoms with Crippen molar-refractivity contribution < 1.29 is 10.0 Å². The van der Waals surface area contributed by atoms with Crippen LogP contribution in [0.5, 0.6) is 0 Å². The van der Waals surface area contributed by atoms with Gasteiger partial charge in [-0.25, -0.2) is 0 Å². The van der Waals surface area contributed by atoms with Gasteiger partial charge in [-0.15, -0.1) is 11.3 Å². The molecule has 0 saturated heterocycles. The molecular weight excluding hydrogens is 238 g/mol. The Hall–Kier alpha value is -1.56. The molecule has 0 aliphatic carbocycles. The van der Waals surface area contributed by atoms with E-state index in [0.29, 0.717) is 6.54 Å². The number of amidine groups is 1. The smallest absolute Gasteiger partial charge is 0.230 e. The van der Waals surface area contributed by atoms with Crippen LogP contribution < -0.4 is 11.1 Å². The monoisotopic (exact) mass is 255 g/mol. The molecule has 1 unspecified atom stereocenters. The van der Waals surface area contributed by atoms with Gasteiger partial charge < -0.3 is 16.3 Å². The molecular formula is C11H17N3O2S. The first-order valence-corrected chi connectivity index (χ1v) is 6.28. The highest BCUT2D eigenvalue weighted by molar-refractivity contribution is 7.10. The Balaban J connectivity index is 2.54. The van der Waals surface area contributed by atoms with Gasteiger partial charge in [0.25, 0.3) is 0 Å². The Morgan fingerprint density at radius 3 is 3.00 bits per heavy atom. The standard InChI is InChI=1S/C11H17N3O2S/c1-3-8-4-5-17-9(8)6-13-11(15)7(2)10(12)14-16/h4-5,7,16H,3,6H2,1-2H3,(H2,12,14)(H,13,15). The number of hydrogen-bond donors (Lipinski definition) is 3. The number of oxime groups is 1. The SMILES string of the molecule is CCc1ccsc1CNC(=O)C(C)C(N)=NO. The lowest BCUT2D eigenvalue weighted by Crippen LogP contribution is -2.36. The number of carbonyl (C=O) groups excluding carboxylic acids is 1. The average Bonchev–Trinajstić information content (AvgIpc) is 2.81. The molecule has 1 heterocycles. The second-order valence-electron chi connectivity index (χ2n) is 3.69. The van der Waals surface area contributed by atoms with Gasteiger partial charge in [-0.1, -0.05) is 12.1 Å². The molecule has 0 fully saturated rings. The van der Waals surface area contributed by atoms with Crippen LogP contribution in [-0.2, 0) is 17.8 Å². The number of carbonyl (C=O) groups is 1. The molecule has 1 rings (SSSR count). The van der Waals surface area contributed by atoms with Crippen molar-refractivity contribution in [2.24, 2.45) is 16.8 Å². The van der Waals surface area contributed by atoms with Crippen LogP contribution in [-0.4, -0.2) is 17.0 Å². The van der Waals surface area contributed by atoms with Crippen LogP contribution in [0.1, 0.15) is 24.3 Å². The highest BCUT2D eigenvalue weighted by atomic mass is 32.1. The molecule has 6 heteroatoms. The van der Waals surface area contributed by atoms with E-state index in [2.05, 4.69) is 23.5 Å². The third-order valence-corrected chi connectivity index (χ3v) is 3.56. The minimum absolute atomic E-state index is 0.0793. The van der Waals surface area contributed by atoms with Crippen LogP contribution in [0.15, 0.2) is 16.6 Å². The first kappa shape index (κ1) is 13.5. The molecule has 0 bridgehead atoms. The van der Waals surface area contributed by atoms with Crippen molar-refractivity contribution >= 4 is 23.1 Å². The highest BCUT2D eigenvalue weighted by Crippen LogP contribution is 2.17. The van der Waals surface area contributed by atoms with Crippen LogP contribution >= 0.6 is 11.3 Å². The number of aryl methyl sites for hydroxylation is 1. The van der Waals surface area contributed by atoms with Crippen molar-refractivity contribution in [1.82, 2.24) is 5.32 Å². The molecule has 1 aromatic rings. The maximum Gasteiger partial charge on any atom is 0.230 e. The lowest BCUT2D eigenvalue weighted by molar-refractivity contribution is -0.122. The molecule has 0 aliphatic rings. The summed E-state index contributed by atoms with van der Waals surface area (Å²) in [6.45, 7) is 4.16. The van der Waals surface area contributed by atoms with Crippen molar-refractivity contribution in [1.29, 1.82) is 0 Å². The summed E-state index contributed by atoms with van der Waals surface area (Å²) in [6.07, 6.45) is 0.949. The molecule has 0 saturated carbocycles. The summed E-state index contributed by atoms with van der Waals surface area (Å²) in [7, 11) is 0. The summed E-state index contributed by atoms with van der Waals surface area (Å²) in [5.41, 5.74) is 6.61. The fraction of sp³-hybridized carbons (Fsp3) is 0.455. The lowest BCUT2D eigenvalue weighted by Gasteiger charge is -2.10. The van der Waals surface area contributed by atoms with E-state index in [0.717, 1.165) is 11.3 Å². The molecule has 94 valence electrons. The molecule has 0 aromatic carbocycles. The van der Waals surface area contributed by atoms with Crippen molar-refractivity contribution in [2.45, 2.75) is 26.8 Å². The fourth-order valence-electron chi connectivity index (χ4n) is 1.38. The van der Waals surface area contributed by atoms with E-state index in [1.54, 1.807) is 18.3 Å². The zero-order valence-electron chi connectivity index (χ0n) is 9.93. The summed E-state index contributed by atoms with van der Waals surface area (Å²) in [5, 5.41) is 16.1. The normalized spacial score (nSPS) is 13.4. The van der Waals surface area contributed by atoms with Crippen LogP contribution in [0.3, 0.4) is 0 Å². The predicted octanol–water partition coefficient (Wildman–Crippen LogP) is 1.31. The zero-order valence-corrected chi connectivity index (χ0v) is 10.8. The highest BCUT2D eigenvalue weighted by Gasteiger charge is 2.17. The number of thiophene rings is 1. The van der Waals surface area contributed by atoms with Crippen molar-refractivity contribution in [2.75, 3.05) is 0 Å². The summed E-state index contributed by atoms with van der Waals surface area (Å²) >= 11 is 1.62. The van der Waals surface area contributed by atoms with Gasteiger partial charge in [0.1, 0.15) is 0 Å². The van der Waals surface area contributed by atoms with Crippen molar-refractivity contribution in [3.05, 3.63) is 21.9 Å². The van der Waals surface area contributed by atoms with Crippen LogP contribution in [0.25, 0.3) is 0 Å². The van der Waals surface area contributed by atoms with Crippen LogP contribution in [0.4, 0.5) is 0 Å². The fourth-order valence-corrected chi connectivity index (χ4v) is 2.29. The van der Waals surface area contributed by atoms with E-state index in [1.807, 2.05) is 5.38 Å². The largest absolute Gasteiger partial charge is 0.409 e. The Kier molecular flexibility index (Phi) is 4.96. The number of nitrogens with two attached hydrogens (primary N) is 1. The lowest BCUT2D eigenvalue weighted by atomic mass is 10.1. The van der Waals surface area contributed by atoms with E-state index in [4.69, 9.17) is 10.9 Å². The third kappa shape index (κ3) is 3.45. The minimum Gasteiger partial charge on any atom is -0.409 e. The molecule has 0 spiro atoms. The van der Waals surface area contributed by atoms with E-state index < -0.39 is 5.92 Å². The summed E-state index contributed by atoms with van der Waals surface area (Å²) in [6, 6.07) is 2.05. The zero-order chi connectivity index (χ0) is 12.8. The van der Waals surface area contributed by atoms with Gasteiger partial charge in [-0.2, -0.15) is 0 Å². The van der Waals surface area contributed by atoms with Gasteiger partial charge in [0.2, 0.25) is 5.91 Å². The summed E-state index contributed by atoms with van der Waals surface area (Å²) in [4.78, 5) is 12.8. The maximum atomic E-state index is 11.7. The number of rotatable bonds is 5. The Morgan fingerprint density at radius 1 is 1.71 bits per heavy atom. The van der Waals surface area contributed by atoms with E-state index in [-0.39, 0.29) is 11.7 Å². The molecule has 1 aromatic heterocycles. The molecule has 17 heavy (non-hydrogen) atoms. The van der Waals surface area contributed by atoms with Gasteiger partial charge in [0, 0.05) is 4.88 Å². The number of amides is 1. The Labute approximate surface area is 104 Å². The average molecular weight is 255 g/mol. The molecule has 1 amide bonds. The first-order chi connectivity index (χ1) is 8.10. The molecule has 1 atom stereocenters. The van der Waals surface area contributed by atoms with E-state index in [9.17, 15) is 4.79 Å². The topological polar surface area (TPSA) is 87.7 Å². The van der Waals surface area contributed by atoms with E-state index >= 15 is 0 Å². The van der Waals surface area contributed by atoms with Gasteiger partial charge >= 0.3 is 0 Å². The maximum absolute atomic E-state index is 11.7. The Bertz CT molecular complexity index is 415. The second kappa shape index (κ2) is 6.24. The van der Waals surface area contributed by atoms with Gasteiger partial charge in [-0.3, -0.25) is 4.79 Å². The van der Waals surface area contributed by atoms with Crippen molar-refractivity contribution in [3.8, 4) is 0 Å². The molecule has 5 nitrogen and oxygen atoms in total. The third-order valence-electron chi connectivity index (χ3n) is 2.59. The quantitative estimate of drug-likeness (QED) is 0.321. The number of nitrogens with zero attached hydrogens (tertiary/aromatic N) is 1. The first-order valence-electron chi connectivity index (χ1n) is 5.40. The molecule has 4 N–H and O–H groups in total. The van der Waals surface area contributed by atoms with Gasteiger partial charge in [0.15, 0.2) is 5.84 Å². The summed E-state index contributed by atoms with van der Waals surface area (Å²) in [5.74, 6) is -0.940. The summed E-state index contributed by atoms with van der Waals surface area (Å²) < 4.78 is 0. The number of nitrogens with one attached hydrogen (secondary N) is 1. The molecule has 0 aliphatic heterocycles. The van der Waals surface area contributed by atoms with E-state index in [1.165, 1.54) is 5.56 Å². The predicted molar refractivity (Wildman–Crippen MR) is 68.1 cm³/mol. The minimum atomic E-state index is -0.620. The van der Waals surface area contributed by atoms with Crippen LogP contribution in [0, 0.1) is 5.92 Å². The molecule has 0 radical (unpaired) electrons. The van der Waals surface area contributed by atoms with Crippen LogP contribution in [0.2, 0.25) is 0 Å². The van der Waals surface area contributed by atoms with Crippen molar-refractivity contribution in [3.63, 3.8) is 0 Å². The number of hydrogen-bond acceptors (Lipinski definition) is 4. The Morgan fingerprint density at radius 2 is 2.41 bits per heavy atom. The second-order valence-corrected chi connectivity index (χ2v) is 4.69. The van der Waals surface area contributed by atoms with Gasteiger partial charge in [0.05, 0.1) is 12.5 Å².